The topological polar surface area (TPSA) is 6.48 Å². The highest BCUT2D eigenvalue weighted by Crippen LogP contribution is 2.50. The number of hydrogen-bond donors (Lipinski definition) is 0. The summed E-state index contributed by atoms with van der Waals surface area (Å²) in [4.78, 5) is 4.86. The second-order valence-electron chi connectivity index (χ2n) is 10.7. The van der Waals surface area contributed by atoms with E-state index >= 15 is 0 Å². The summed E-state index contributed by atoms with van der Waals surface area (Å²) in [7, 11) is 0. The van der Waals surface area contributed by atoms with Gasteiger partial charge in [0.25, 0.3) is 0 Å². The molecular formula is C39H32N2. The largest absolute Gasteiger partial charge is 0.310 e. The van der Waals surface area contributed by atoms with Crippen molar-refractivity contribution in [3.8, 4) is 0 Å². The molecule has 0 aliphatic heterocycles. The molecule has 0 bridgehead atoms. The van der Waals surface area contributed by atoms with E-state index in [1.54, 1.807) is 0 Å². The van der Waals surface area contributed by atoms with Gasteiger partial charge in [-0.3, -0.25) is 0 Å². The molecule has 6 aromatic rings. The predicted octanol–water partition coefficient (Wildman–Crippen LogP) is 11.1. The molecule has 0 spiro atoms. The molecule has 0 N–H and O–H groups in total. The molecule has 198 valence electrons. The van der Waals surface area contributed by atoms with Crippen LogP contribution >= 0.6 is 0 Å². The Labute approximate surface area is 242 Å². The van der Waals surface area contributed by atoms with E-state index in [1.165, 1.54) is 49.7 Å². The molecular weight excluding hydrogens is 496 g/mol. The monoisotopic (exact) mass is 528 g/mol. The fraction of sp³-hybridized carbons (Fsp3) is 0.0769. The van der Waals surface area contributed by atoms with E-state index in [-0.39, 0.29) is 0 Å². The number of fused-ring (bicyclic) bond motifs is 2. The quantitative estimate of drug-likeness (QED) is 0.157. The lowest BCUT2D eigenvalue weighted by Gasteiger charge is -2.33. The number of hydrogen-bond acceptors (Lipinski definition) is 2. The highest BCUT2D eigenvalue weighted by Gasteiger charge is 2.25. The predicted molar refractivity (Wildman–Crippen MR) is 176 cm³/mol. The van der Waals surface area contributed by atoms with Crippen molar-refractivity contribution in [3.05, 3.63) is 162 Å². The zero-order valence-corrected chi connectivity index (χ0v) is 23.5. The highest BCUT2D eigenvalue weighted by molar-refractivity contribution is 6.22. The van der Waals surface area contributed by atoms with Crippen molar-refractivity contribution in [3.63, 3.8) is 0 Å². The molecule has 0 unspecified atom stereocenters. The van der Waals surface area contributed by atoms with Gasteiger partial charge in [-0.05, 0) is 62.7 Å². The van der Waals surface area contributed by atoms with E-state index < -0.39 is 0 Å². The van der Waals surface area contributed by atoms with Gasteiger partial charge in [0.15, 0.2) is 0 Å². The van der Waals surface area contributed by atoms with E-state index in [1.807, 2.05) is 0 Å². The van der Waals surface area contributed by atoms with Gasteiger partial charge in [-0.2, -0.15) is 0 Å². The first-order valence-corrected chi connectivity index (χ1v) is 14.3. The molecule has 0 amide bonds. The van der Waals surface area contributed by atoms with Crippen LogP contribution in [0.4, 0.5) is 28.4 Å². The van der Waals surface area contributed by atoms with Crippen molar-refractivity contribution < 1.29 is 0 Å². The summed E-state index contributed by atoms with van der Waals surface area (Å²) in [5.41, 5.74) is 9.54. The maximum Gasteiger partial charge on any atom is 0.0619 e. The van der Waals surface area contributed by atoms with Crippen LogP contribution < -0.4 is 9.80 Å². The highest BCUT2D eigenvalue weighted by atomic mass is 15.2. The van der Waals surface area contributed by atoms with Crippen LogP contribution in [-0.2, 0) is 0 Å². The lowest BCUT2D eigenvalue weighted by Crippen LogP contribution is -2.17. The molecule has 7 rings (SSSR count). The Balaban J connectivity index is 1.60. The lowest BCUT2D eigenvalue weighted by molar-refractivity contribution is 1.22. The van der Waals surface area contributed by atoms with Gasteiger partial charge in [-0.25, -0.2) is 0 Å². The summed E-state index contributed by atoms with van der Waals surface area (Å²) in [6, 6.07) is 46.2. The molecule has 2 nitrogen and oxygen atoms in total. The average Bonchev–Trinajstić information content (AvgIpc) is 3.55. The summed E-state index contributed by atoms with van der Waals surface area (Å²) in [6.45, 7) is 4.29. The third-order valence-corrected chi connectivity index (χ3v) is 7.93. The number of benzene rings is 6. The first-order chi connectivity index (χ1) is 20.2. The van der Waals surface area contributed by atoms with Crippen molar-refractivity contribution in [1.29, 1.82) is 0 Å². The van der Waals surface area contributed by atoms with Crippen LogP contribution in [0.2, 0.25) is 0 Å². The van der Waals surface area contributed by atoms with Gasteiger partial charge in [0.2, 0.25) is 0 Å². The standard InChI is InChI=1S/C39H32N2/c1-28-20-24-32(25-21-28)40(30-12-4-3-5-13-30)38-34-16-8-10-18-36(34)39(37-19-11-9-17-35(37)38)41(31-14-6-7-15-31)33-26-22-29(2)23-27-33/h3-6,8-27H,7H2,1-2H3. The second-order valence-corrected chi connectivity index (χ2v) is 10.7. The number of anilines is 5. The van der Waals surface area contributed by atoms with Crippen molar-refractivity contribution in [2.75, 3.05) is 9.80 Å². The first-order valence-electron chi connectivity index (χ1n) is 14.3. The summed E-state index contributed by atoms with van der Waals surface area (Å²) in [5.74, 6) is 0. The summed E-state index contributed by atoms with van der Waals surface area (Å²) >= 11 is 0. The lowest BCUT2D eigenvalue weighted by atomic mass is 9.95. The minimum atomic E-state index is 0.945. The van der Waals surface area contributed by atoms with E-state index in [9.17, 15) is 0 Å². The van der Waals surface area contributed by atoms with Gasteiger partial charge in [0.05, 0.1) is 11.4 Å². The Morgan fingerprint density at radius 3 is 1.32 bits per heavy atom. The molecule has 0 heterocycles. The normalized spacial score (nSPS) is 12.6. The molecule has 0 atom stereocenters. The van der Waals surface area contributed by atoms with Crippen molar-refractivity contribution in [1.82, 2.24) is 0 Å². The van der Waals surface area contributed by atoms with Crippen molar-refractivity contribution in [2.45, 2.75) is 20.3 Å². The minimum absolute atomic E-state index is 0.945. The number of aryl methyl sites for hydroxylation is 2. The molecule has 0 saturated carbocycles. The fourth-order valence-corrected chi connectivity index (χ4v) is 5.95. The van der Waals surface area contributed by atoms with Crippen LogP contribution in [0, 0.1) is 13.8 Å². The molecule has 1 aliphatic rings. The van der Waals surface area contributed by atoms with Gasteiger partial charge in [-0.15, -0.1) is 0 Å². The third-order valence-electron chi connectivity index (χ3n) is 7.93. The number of rotatable bonds is 6. The fourth-order valence-electron chi connectivity index (χ4n) is 5.95. The van der Waals surface area contributed by atoms with Gasteiger partial charge >= 0.3 is 0 Å². The Bertz CT molecular complexity index is 1860. The van der Waals surface area contributed by atoms with E-state index in [2.05, 4.69) is 169 Å². The smallest absolute Gasteiger partial charge is 0.0619 e. The van der Waals surface area contributed by atoms with E-state index in [4.69, 9.17) is 0 Å². The van der Waals surface area contributed by atoms with E-state index in [0.717, 1.165) is 23.5 Å². The number of allylic oxidation sites excluding steroid dienone is 3. The number of para-hydroxylation sites is 1. The molecule has 0 aromatic heterocycles. The SMILES string of the molecule is Cc1ccc(N(C2=CCC=C2)c2c3ccccc3c(N(c3ccccc3)c3ccc(C)cc3)c3ccccc23)cc1. The van der Waals surface area contributed by atoms with Crippen LogP contribution in [-0.4, -0.2) is 0 Å². The molecule has 1 aliphatic carbocycles. The van der Waals surface area contributed by atoms with E-state index in [0.29, 0.717) is 0 Å². The molecule has 6 aromatic carbocycles. The molecule has 0 fully saturated rings. The summed E-state index contributed by atoms with van der Waals surface area (Å²) < 4.78 is 0. The minimum Gasteiger partial charge on any atom is -0.310 e. The zero-order valence-electron chi connectivity index (χ0n) is 23.5. The van der Waals surface area contributed by atoms with Crippen LogP contribution in [0.15, 0.2) is 151 Å². The van der Waals surface area contributed by atoms with Crippen LogP contribution in [0.3, 0.4) is 0 Å². The average molecular weight is 529 g/mol. The Morgan fingerprint density at radius 2 is 0.854 bits per heavy atom. The zero-order chi connectivity index (χ0) is 27.8. The maximum absolute atomic E-state index is 2.44. The van der Waals surface area contributed by atoms with Gasteiger partial charge in [0, 0.05) is 44.3 Å². The molecule has 0 radical (unpaired) electrons. The maximum atomic E-state index is 2.44. The summed E-state index contributed by atoms with van der Waals surface area (Å²) in [6.07, 6.45) is 7.75. The number of nitrogens with zero attached hydrogens (tertiary/aromatic N) is 2. The van der Waals surface area contributed by atoms with Crippen molar-refractivity contribution >= 4 is 50.0 Å². The van der Waals surface area contributed by atoms with Crippen LogP contribution in [0.5, 0.6) is 0 Å². The van der Waals surface area contributed by atoms with Gasteiger partial charge in [0.1, 0.15) is 0 Å². The molecule has 0 saturated heterocycles. The van der Waals surface area contributed by atoms with Crippen molar-refractivity contribution in [2.24, 2.45) is 0 Å². The first kappa shape index (κ1) is 24.9. The molecule has 41 heavy (non-hydrogen) atoms. The second kappa shape index (κ2) is 10.5. The van der Waals surface area contributed by atoms with Crippen LogP contribution in [0.1, 0.15) is 17.5 Å². The Hall–Kier alpha value is -5.08. The molecule has 2 heteroatoms. The Kier molecular flexibility index (Phi) is 6.37. The Morgan fingerprint density at radius 1 is 0.439 bits per heavy atom. The van der Waals surface area contributed by atoms with Gasteiger partial charge < -0.3 is 9.80 Å². The van der Waals surface area contributed by atoms with Crippen LogP contribution in [0.25, 0.3) is 21.5 Å². The summed E-state index contributed by atoms with van der Waals surface area (Å²) in [5, 5.41) is 4.86. The third kappa shape index (κ3) is 4.48. The van der Waals surface area contributed by atoms with Gasteiger partial charge in [-0.1, -0.05) is 114 Å².